The highest BCUT2D eigenvalue weighted by Crippen LogP contribution is 2.23. The van der Waals surface area contributed by atoms with Crippen LogP contribution in [0, 0.1) is 13.8 Å². The summed E-state index contributed by atoms with van der Waals surface area (Å²) in [5.41, 5.74) is 3.61. The zero-order valence-electron chi connectivity index (χ0n) is 14.5. The molecule has 1 aromatic heterocycles. The number of aromatic nitrogens is 4. The van der Waals surface area contributed by atoms with Crippen LogP contribution in [0.3, 0.4) is 0 Å². The van der Waals surface area contributed by atoms with Crippen LogP contribution in [0.25, 0.3) is 5.69 Å². The van der Waals surface area contributed by atoms with Crippen molar-refractivity contribution in [3.8, 4) is 5.69 Å². The number of carbonyl (C=O) groups is 1. The van der Waals surface area contributed by atoms with E-state index in [0.29, 0.717) is 6.54 Å². The molecule has 0 aliphatic carbocycles. The van der Waals surface area contributed by atoms with Crippen molar-refractivity contribution in [1.82, 2.24) is 30.4 Å². The first-order chi connectivity index (χ1) is 12.1. The molecule has 1 aromatic carbocycles. The van der Waals surface area contributed by atoms with Gasteiger partial charge < -0.3 is 15.4 Å². The summed E-state index contributed by atoms with van der Waals surface area (Å²) < 4.78 is 6.88. The highest BCUT2D eigenvalue weighted by atomic mass is 16.5. The highest BCUT2D eigenvalue weighted by Gasteiger charge is 2.12. The minimum Gasteiger partial charge on any atom is -0.379 e. The van der Waals surface area contributed by atoms with E-state index in [1.807, 2.05) is 26.0 Å². The third kappa shape index (κ3) is 4.52. The maximum Gasteiger partial charge on any atom is 0.319 e. The number of rotatable bonds is 5. The molecule has 0 unspecified atom stereocenters. The van der Waals surface area contributed by atoms with Gasteiger partial charge in [-0.1, -0.05) is 0 Å². The van der Waals surface area contributed by atoms with Crippen LogP contribution in [0.4, 0.5) is 10.5 Å². The van der Waals surface area contributed by atoms with Gasteiger partial charge in [0.2, 0.25) is 0 Å². The van der Waals surface area contributed by atoms with Crippen LogP contribution in [-0.2, 0) is 4.74 Å². The minimum atomic E-state index is -0.218. The molecule has 0 spiro atoms. The Kier molecular flexibility index (Phi) is 5.56. The number of hydrogen-bond donors (Lipinski definition) is 2. The van der Waals surface area contributed by atoms with Gasteiger partial charge in [-0.05, 0) is 47.5 Å². The number of aryl methyl sites for hydroxylation is 1. The predicted molar refractivity (Wildman–Crippen MR) is 92.9 cm³/mol. The maximum atomic E-state index is 12.2. The molecule has 134 valence electrons. The summed E-state index contributed by atoms with van der Waals surface area (Å²) in [6.07, 6.45) is 1.52. The standard InChI is InChI=1S/C16H23N7O2/c1-12-9-14(23-11-18-20-21-23)10-15(13(12)2)19-16(24)17-3-4-22-5-7-25-8-6-22/h9-11H,3-8H2,1-2H3,(H2,17,19,24). The number of nitrogens with zero attached hydrogens (tertiary/aromatic N) is 5. The smallest absolute Gasteiger partial charge is 0.319 e. The van der Waals surface area contributed by atoms with E-state index in [1.54, 1.807) is 4.68 Å². The van der Waals surface area contributed by atoms with Gasteiger partial charge in [0.15, 0.2) is 0 Å². The van der Waals surface area contributed by atoms with Crippen molar-refractivity contribution in [1.29, 1.82) is 0 Å². The second-order valence-electron chi connectivity index (χ2n) is 6.02. The first-order valence-corrected chi connectivity index (χ1v) is 8.33. The van der Waals surface area contributed by atoms with Gasteiger partial charge >= 0.3 is 6.03 Å². The topological polar surface area (TPSA) is 97.2 Å². The molecule has 2 N–H and O–H groups in total. The summed E-state index contributed by atoms with van der Waals surface area (Å²) in [5.74, 6) is 0. The molecule has 2 heterocycles. The Balaban J connectivity index is 1.58. The van der Waals surface area contributed by atoms with E-state index >= 15 is 0 Å². The number of ether oxygens (including phenoxy) is 1. The number of urea groups is 1. The minimum absolute atomic E-state index is 0.218. The molecule has 25 heavy (non-hydrogen) atoms. The zero-order chi connectivity index (χ0) is 17.6. The maximum absolute atomic E-state index is 12.2. The second kappa shape index (κ2) is 8.04. The third-order valence-corrected chi connectivity index (χ3v) is 4.33. The van der Waals surface area contributed by atoms with Crippen molar-refractivity contribution < 1.29 is 9.53 Å². The molecule has 0 bridgehead atoms. The first-order valence-electron chi connectivity index (χ1n) is 8.33. The van der Waals surface area contributed by atoms with Gasteiger partial charge in [0, 0.05) is 31.9 Å². The molecule has 0 saturated carbocycles. The number of benzene rings is 1. The largest absolute Gasteiger partial charge is 0.379 e. The fourth-order valence-electron chi connectivity index (χ4n) is 2.70. The molecule has 1 aliphatic heterocycles. The van der Waals surface area contributed by atoms with Gasteiger partial charge in [0.05, 0.1) is 18.9 Å². The molecule has 2 amide bonds. The Morgan fingerprint density at radius 2 is 2.08 bits per heavy atom. The summed E-state index contributed by atoms with van der Waals surface area (Å²) in [7, 11) is 0. The molecule has 3 rings (SSSR count). The Labute approximate surface area is 146 Å². The molecular formula is C16H23N7O2. The van der Waals surface area contributed by atoms with Crippen molar-refractivity contribution in [2.45, 2.75) is 13.8 Å². The van der Waals surface area contributed by atoms with Gasteiger partial charge in [0.25, 0.3) is 0 Å². The quantitative estimate of drug-likeness (QED) is 0.829. The summed E-state index contributed by atoms with van der Waals surface area (Å²) in [6.45, 7) is 8.72. The summed E-state index contributed by atoms with van der Waals surface area (Å²) in [4.78, 5) is 14.5. The number of amides is 2. The van der Waals surface area contributed by atoms with Gasteiger partial charge in [-0.25, -0.2) is 9.48 Å². The molecule has 2 aromatic rings. The number of morpholine rings is 1. The number of nitrogens with one attached hydrogen (secondary N) is 2. The number of tetrazole rings is 1. The normalized spacial score (nSPS) is 15.1. The van der Waals surface area contributed by atoms with Crippen molar-refractivity contribution in [2.24, 2.45) is 0 Å². The second-order valence-corrected chi connectivity index (χ2v) is 6.02. The molecule has 0 radical (unpaired) electrons. The fourth-order valence-corrected chi connectivity index (χ4v) is 2.70. The molecule has 1 aliphatic rings. The van der Waals surface area contributed by atoms with Crippen molar-refractivity contribution in [3.63, 3.8) is 0 Å². The fraction of sp³-hybridized carbons (Fsp3) is 0.500. The van der Waals surface area contributed by atoms with Gasteiger partial charge in [-0.3, -0.25) is 4.90 Å². The van der Waals surface area contributed by atoms with Crippen molar-refractivity contribution in [2.75, 3.05) is 44.7 Å². The van der Waals surface area contributed by atoms with Crippen molar-refractivity contribution >= 4 is 11.7 Å². The first kappa shape index (κ1) is 17.3. The van der Waals surface area contributed by atoms with Gasteiger partial charge in [0.1, 0.15) is 6.33 Å². The summed E-state index contributed by atoms with van der Waals surface area (Å²) >= 11 is 0. The predicted octanol–water partition coefficient (Wildman–Crippen LogP) is 0.733. The molecule has 0 atom stereocenters. The SMILES string of the molecule is Cc1cc(-n2cnnn2)cc(NC(=O)NCCN2CCOCC2)c1C. The zero-order valence-corrected chi connectivity index (χ0v) is 14.5. The average molecular weight is 345 g/mol. The molecule has 1 fully saturated rings. The van der Waals surface area contributed by atoms with E-state index in [9.17, 15) is 4.79 Å². The van der Waals surface area contributed by atoms with Crippen LogP contribution in [0.1, 0.15) is 11.1 Å². The molecule has 1 saturated heterocycles. The van der Waals surface area contributed by atoms with Crippen molar-refractivity contribution in [3.05, 3.63) is 29.6 Å². The molecule has 9 heteroatoms. The van der Waals surface area contributed by atoms with E-state index in [0.717, 1.165) is 55.3 Å². The Hall–Kier alpha value is -2.52. The lowest BCUT2D eigenvalue weighted by Crippen LogP contribution is -2.42. The summed E-state index contributed by atoms with van der Waals surface area (Å²) in [6, 6.07) is 3.62. The monoisotopic (exact) mass is 345 g/mol. The Morgan fingerprint density at radius 1 is 1.28 bits per heavy atom. The van der Waals surface area contributed by atoms with Crippen LogP contribution in [-0.4, -0.2) is 70.5 Å². The highest BCUT2D eigenvalue weighted by molar-refractivity contribution is 5.90. The van der Waals surface area contributed by atoms with Crippen LogP contribution < -0.4 is 10.6 Å². The Morgan fingerprint density at radius 3 is 2.80 bits per heavy atom. The Bertz CT molecular complexity index is 712. The van der Waals surface area contributed by atoms with Crippen LogP contribution in [0.2, 0.25) is 0 Å². The molecule has 9 nitrogen and oxygen atoms in total. The van der Waals surface area contributed by atoms with E-state index in [1.165, 1.54) is 6.33 Å². The third-order valence-electron chi connectivity index (χ3n) is 4.33. The number of anilines is 1. The van der Waals surface area contributed by atoms with Gasteiger partial charge in [-0.15, -0.1) is 5.10 Å². The van der Waals surface area contributed by atoms with Crippen LogP contribution >= 0.6 is 0 Å². The lowest BCUT2D eigenvalue weighted by molar-refractivity contribution is 0.0388. The van der Waals surface area contributed by atoms with E-state index in [-0.39, 0.29) is 6.03 Å². The lowest BCUT2D eigenvalue weighted by atomic mass is 10.1. The molecular weight excluding hydrogens is 322 g/mol. The van der Waals surface area contributed by atoms with Crippen LogP contribution in [0.15, 0.2) is 18.5 Å². The van der Waals surface area contributed by atoms with E-state index < -0.39 is 0 Å². The van der Waals surface area contributed by atoms with Gasteiger partial charge in [-0.2, -0.15) is 0 Å². The van der Waals surface area contributed by atoms with E-state index in [2.05, 4.69) is 31.1 Å². The number of hydrogen-bond acceptors (Lipinski definition) is 6. The van der Waals surface area contributed by atoms with Crippen LogP contribution in [0.5, 0.6) is 0 Å². The number of carbonyl (C=O) groups excluding carboxylic acids is 1. The average Bonchev–Trinajstić information content (AvgIpc) is 3.14. The summed E-state index contributed by atoms with van der Waals surface area (Å²) in [5, 5.41) is 17.0. The lowest BCUT2D eigenvalue weighted by Gasteiger charge is -2.26. The van der Waals surface area contributed by atoms with E-state index in [4.69, 9.17) is 4.74 Å².